The second kappa shape index (κ2) is 6.84. The number of aromatic amines is 1. The van der Waals surface area contributed by atoms with Crippen LogP contribution in [0.3, 0.4) is 0 Å². The largest absolute Gasteiger partial charge is 0.451 e. The third kappa shape index (κ3) is 3.37. The number of rotatable bonds is 4. The van der Waals surface area contributed by atoms with Crippen LogP contribution in [-0.2, 0) is 6.54 Å². The molecule has 2 heterocycles. The summed E-state index contributed by atoms with van der Waals surface area (Å²) in [6.45, 7) is 5.59. The number of carbonyl (C=O) groups excluding carboxylic acids is 1. The number of hydrogen-bond acceptors (Lipinski definition) is 5. The summed E-state index contributed by atoms with van der Waals surface area (Å²) in [6.07, 6.45) is 1.48. The van der Waals surface area contributed by atoms with Crippen molar-refractivity contribution in [1.29, 1.82) is 0 Å². The van der Waals surface area contributed by atoms with Gasteiger partial charge in [0.2, 0.25) is 6.29 Å². The normalized spacial score (nSPS) is 15.3. The summed E-state index contributed by atoms with van der Waals surface area (Å²) < 4.78 is 11.1. The van der Waals surface area contributed by atoms with E-state index in [0.717, 1.165) is 16.2 Å². The molecule has 25 heavy (non-hydrogen) atoms. The molecular weight excluding hydrogens is 340 g/mol. The first-order valence-electron chi connectivity index (χ1n) is 7.92. The summed E-state index contributed by atoms with van der Waals surface area (Å²) in [4.78, 5) is 28.5. The lowest BCUT2D eigenvalue weighted by Gasteiger charge is -2.12. The Kier molecular flexibility index (Phi) is 4.76. The SMILES string of the molecule is CSc1cc(C)[nH]c(=O)c1CNC(=O)c1c(C)ccc2c1OC(C)O2. The molecule has 6 nitrogen and oxygen atoms in total. The van der Waals surface area contributed by atoms with E-state index >= 15 is 0 Å². The molecule has 1 unspecified atom stereocenters. The van der Waals surface area contributed by atoms with Crippen LogP contribution in [-0.4, -0.2) is 23.4 Å². The molecule has 1 amide bonds. The zero-order valence-electron chi connectivity index (χ0n) is 14.6. The number of thioether (sulfide) groups is 1. The number of carbonyl (C=O) groups is 1. The standard InChI is InChI=1S/C18H20N2O4S/c1-9-5-6-13-16(24-11(3)23-13)15(9)18(22)19-8-12-14(25-4)7-10(2)20-17(12)21/h5-7,11H,8H2,1-4H3,(H,19,22)(H,20,21). The number of benzene rings is 1. The van der Waals surface area contributed by atoms with E-state index in [2.05, 4.69) is 10.3 Å². The fourth-order valence-electron chi connectivity index (χ4n) is 2.82. The lowest BCUT2D eigenvalue weighted by atomic mass is 10.1. The number of nitrogens with one attached hydrogen (secondary N) is 2. The van der Waals surface area contributed by atoms with Crippen LogP contribution in [0.25, 0.3) is 0 Å². The topological polar surface area (TPSA) is 80.4 Å². The Hall–Kier alpha value is -2.41. The van der Waals surface area contributed by atoms with Crippen molar-refractivity contribution in [3.8, 4) is 11.5 Å². The molecule has 1 aromatic heterocycles. The molecule has 7 heteroatoms. The third-order valence-corrected chi connectivity index (χ3v) is 4.81. The summed E-state index contributed by atoms with van der Waals surface area (Å²) in [6, 6.07) is 5.51. The van der Waals surface area contributed by atoms with Gasteiger partial charge in [-0.15, -0.1) is 11.8 Å². The van der Waals surface area contributed by atoms with Crippen LogP contribution in [0.4, 0.5) is 0 Å². The molecule has 0 spiro atoms. The fourth-order valence-corrected chi connectivity index (χ4v) is 3.52. The van der Waals surface area contributed by atoms with Crippen LogP contribution < -0.4 is 20.3 Å². The number of hydrogen-bond donors (Lipinski definition) is 2. The van der Waals surface area contributed by atoms with Crippen LogP contribution in [0.15, 0.2) is 27.9 Å². The lowest BCUT2D eigenvalue weighted by Crippen LogP contribution is -2.28. The van der Waals surface area contributed by atoms with Crippen LogP contribution >= 0.6 is 11.8 Å². The van der Waals surface area contributed by atoms with Crippen molar-refractivity contribution in [2.45, 2.75) is 38.5 Å². The molecule has 2 N–H and O–H groups in total. The second-order valence-corrected chi connectivity index (χ2v) is 6.75. The van der Waals surface area contributed by atoms with Crippen molar-refractivity contribution >= 4 is 17.7 Å². The zero-order valence-corrected chi connectivity index (χ0v) is 15.4. The number of amides is 1. The summed E-state index contributed by atoms with van der Waals surface area (Å²) in [5, 5.41) is 2.83. The summed E-state index contributed by atoms with van der Waals surface area (Å²) in [5.74, 6) is 0.716. The van der Waals surface area contributed by atoms with Crippen LogP contribution in [0, 0.1) is 13.8 Å². The minimum Gasteiger partial charge on any atom is -0.451 e. The molecule has 1 aliphatic heterocycles. The van der Waals surface area contributed by atoms with Gasteiger partial charge in [-0.2, -0.15) is 0 Å². The van der Waals surface area contributed by atoms with E-state index in [1.165, 1.54) is 11.8 Å². The summed E-state index contributed by atoms with van der Waals surface area (Å²) in [7, 11) is 0. The maximum absolute atomic E-state index is 12.7. The molecule has 0 saturated heterocycles. The van der Waals surface area contributed by atoms with Crippen molar-refractivity contribution in [2.75, 3.05) is 6.26 Å². The maximum atomic E-state index is 12.7. The average molecular weight is 360 g/mol. The van der Waals surface area contributed by atoms with Crippen molar-refractivity contribution in [3.63, 3.8) is 0 Å². The molecule has 1 aliphatic rings. The molecule has 3 rings (SSSR count). The predicted molar refractivity (Wildman–Crippen MR) is 96.6 cm³/mol. The van der Waals surface area contributed by atoms with Crippen molar-refractivity contribution in [2.24, 2.45) is 0 Å². The molecule has 0 saturated carbocycles. The molecule has 0 aliphatic carbocycles. The van der Waals surface area contributed by atoms with E-state index in [1.54, 1.807) is 13.0 Å². The Morgan fingerprint density at radius 2 is 2.08 bits per heavy atom. The zero-order chi connectivity index (χ0) is 18.1. The van der Waals surface area contributed by atoms with Gasteiger partial charge < -0.3 is 19.8 Å². The minimum absolute atomic E-state index is 0.143. The molecule has 1 aromatic carbocycles. The van der Waals surface area contributed by atoms with E-state index in [0.29, 0.717) is 22.6 Å². The van der Waals surface area contributed by atoms with Gasteiger partial charge in [0.15, 0.2) is 11.5 Å². The van der Waals surface area contributed by atoms with Gasteiger partial charge in [0.1, 0.15) is 0 Å². The molecule has 132 valence electrons. The van der Waals surface area contributed by atoms with Crippen LogP contribution in [0.1, 0.15) is 34.1 Å². The Morgan fingerprint density at radius 3 is 2.80 bits per heavy atom. The van der Waals surface area contributed by atoms with Crippen molar-refractivity contribution in [3.05, 3.63) is 50.9 Å². The Bertz CT molecular complexity index is 891. The number of H-pyrrole nitrogens is 1. The smallest absolute Gasteiger partial charge is 0.255 e. The van der Waals surface area contributed by atoms with Gasteiger partial charge in [-0.3, -0.25) is 9.59 Å². The highest BCUT2D eigenvalue weighted by atomic mass is 32.2. The van der Waals surface area contributed by atoms with E-state index < -0.39 is 6.29 Å². The number of aromatic nitrogens is 1. The van der Waals surface area contributed by atoms with Crippen LogP contribution in [0.5, 0.6) is 11.5 Å². The van der Waals surface area contributed by atoms with Crippen molar-refractivity contribution in [1.82, 2.24) is 10.3 Å². The highest BCUT2D eigenvalue weighted by Crippen LogP contribution is 2.39. The molecule has 0 fully saturated rings. The first-order chi connectivity index (χ1) is 11.9. The maximum Gasteiger partial charge on any atom is 0.255 e. The van der Waals surface area contributed by atoms with Gasteiger partial charge in [0, 0.05) is 29.6 Å². The molecule has 2 aromatic rings. The highest BCUT2D eigenvalue weighted by Gasteiger charge is 2.28. The van der Waals surface area contributed by atoms with Gasteiger partial charge in [-0.25, -0.2) is 0 Å². The number of ether oxygens (including phenoxy) is 2. The van der Waals surface area contributed by atoms with E-state index in [4.69, 9.17) is 9.47 Å². The monoisotopic (exact) mass is 360 g/mol. The lowest BCUT2D eigenvalue weighted by molar-refractivity contribution is 0.0668. The van der Waals surface area contributed by atoms with E-state index in [1.807, 2.05) is 32.2 Å². The first kappa shape index (κ1) is 17.4. The molecular formula is C18H20N2O4S. The Morgan fingerprint density at radius 1 is 1.32 bits per heavy atom. The highest BCUT2D eigenvalue weighted by molar-refractivity contribution is 7.98. The van der Waals surface area contributed by atoms with Gasteiger partial charge in [-0.1, -0.05) is 6.07 Å². The Balaban J connectivity index is 1.86. The number of aryl methyl sites for hydroxylation is 2. The van der Waals surface area contributed by atoms with Gasteiger partial charge in [0.25, 0.3) is 11.5 Å². The quantitative estimate of drug-likeness (QED) is 0.820. The predicted octanol–water partition coefficient (Wildman–Crippen LogP) is 2.76. The Labute approximate surface area is 149 Å². The third-order valence-electron chi connectivity index (χ3n) is 4.01. The van der Waals surface area contributed by atoms with Gasteiger partial charge in [0.05, 0.1) is 5.56 Å². The average Bonchev–Trinajstić information content (AvgIpc) is 2.93. The van der Waals surface area contributed by atoms with Crippen LogP contribution in [0.2, 0.25) is 0 Å². The van der Waals surface area contributed by atoms with Crippen molar-refractivity contribution < 1.29 is 14.3 Å². The fraction of sp³-hybridized carbons (Fsp3) is 0.333. The number of fused-ring (bicyclic) bond motifs is 1. The first-order valence-corrected chi connectivity index (χ1v) is 9.15. The second-order valence-electron chi connectivity index (χ2n) is 5.90. The summed E-state index contributed by atoms with van der Waals surface area (Å²) >= 11 is 1.48. The molecule has 0 radical (unpaired) electrons. The van der Waals surface area contributed by atoms with Gasteiger partial charge >= 0.3 is 0 Å². The summed E-state index contributed by atoms with van der Waals surface area (Å²) in [5.41, 5.74) is 2.38. The van der Waals surface area contributed by atoms with E-state index in [9.17, 15) is 9.59 Å². The van der Waals surface area contributed by atoms with E-state index in [-0.39, 0.29) is 18.0 Å². The van der Waals surface area contributed by atoms with Gasteiger partial charge in [-0.05, 0) is 37.8 Å². The number of pyridine rings is 1. The molecule has 1 atom stereocenters. The molecule has 0 bridgehead atoms. The minimum atomic E-state index is -0.425.